The van der Waals surface area contributed by atoms with E-state index in [1.54, 1.807) is 37.5 Å². The summed E-state index contributed by atoms with van der Waals surface area (Å²) in [6.45, 7) is 3.10. The average Bonchev–Trinajstić information content (AvgIpc) is 3.08. The minimum atomic E-state index is -1.11. The van der Waals surface area contributed by atoms with Gasteiger partial charge in [-0.15, -0.1) is 0 Å². The molecule has 2 atom stereocenters. The number of nitrogens with zero attached hydrogens (tertiary/aromatic N) is 2. The summed E-state index contributed by atoms with van der Waals surface area (Å²) < 4.78 is 1.53. The summed E-state index contributed by atoms with van der Waals surface area (Å²) in [6, 6.07) is 6.46. The summed E-state index contributed by atoms with van der Waals surface area (Å²) >= 11 is 0. The highest BCUT2D eigenvalue weighted by Gasteiger charge is 2.17. The predicted molar refractivity (Wildman–Crippen MR) is 86.6 cm³/mol. The van der Waals surface area contributed by atoms with E-state index in [4.69, 9.17) is 5.11 Å². The lowest BCUT2D eigenvalue weighted by atomic mass is 10.1. The molecule has 1 heterocycles. The van der Waals surface area contributed by atoms with Gasteiger partial charge in [-0.3, -0.25) is 19.1 Å². The molecule has 0 bridgehead atoms. The lowest BCUT2D eigenvalue weighted by Gasteiger charge is -2.13. The summed E-state index contributed by atoms with van der Waals surface area (Å²) in [5.41, 5.74) is 0.836. The minimum absolute atomic E-state index is 0.240. The molecule has 0 saturated heterocycles. The summed E-state index contributed by atoms with van der Waals surface area (Å²) in [5.74, 6) is -1.84. The van der Waals surface area contributed by atoms with Gasteiger partial charge in [-0.05, 0) is 44.2 Å². The lowest BCUT2D eigenvalue weighted by Crippen LogP contribution is -2.38. The highest BCUT2D eigenvalue weighted by atomic mass is 16.4. The van der Waals surface area contributed by atoms with E-state index in [-0.39, 0.29) is 5.91 Å². The number of carbonyl (C=O) groups is 3. The van der Waals surface area contributed by atoms with Crippen LogP contribution in [0.2, 0.25) is 0 Å². The van der Waals surface area contributed by atoms with E-state index in [9.17, 15) is 14.4 Å². The van der Waals surface area contributed by atoms with Crippen molar-refractivity contribution < 1.29 is 19.5 Å². The van der Waals surface area contributed by atoms with Crippen molar-refractivity contribution in [3.05, 3.63) is 48.3 Å². The third-order valence-electron chi connectivity index (χ3n) is 3.43. The van der Waals surface area contributed by atoms with E-state index >= 15 is 0 Å². The van der Waals surface area contributed by atoms with Crippen LogP contribution in [0, 0.1) is 0 Å². The van der Waals surface area contributed by atoms with Crippen molar-refractivity contribution in [2.45, 2.75) is 25.9 Å². The number of benzene rings is 1. The number of rotatable bonds is 6. The Labute approximate surface area is 138 Å². The standard InChI is InChI=1S/C16H18N4O4/c1-10(16(23)24)18-15(22)12-4-6-13(7-5-12)19-14(21)11(2)20-9-3-8-17-20/h3-11H,1-2H3,(H,18,22)(H,19,21)(H,23,24)/t10-,11+/m1/s1. The molecule has 2 aromatic rings. The zero-order valence-corrected chi connectivity index (χ0v) is 13.3. The lowest BCUT2D eigenvalue weighted by molar-refractivity contribution is -0.138. The van der Waals surface area contributed by atoms with Crippen LogP contribution in [-0.2, 0) is 9.59 Å². The molecule has 8 nitrogen and oxygen atoms in total. The maximum atomic E-state index is 12.1. The number of hydrogen-bond donors (Lipinski definition) is 3. The molecule has 2 rings (SSSR count). The first kappa shape index (κ1) is 17.2. The molecule has 24 heavy (non-hydrogen) atoms. The van der Waals surface area contributed by atoms with Gasteiger partial charge in [0.25, 0.3) is 5.91 Å². The van der Waals surface area contributed by atoms with Crippen molar-refractivity contribution in [3.8, 4) is 0 Å². The van der Waals surface area contributed by atoms with Gasteiger partial charge in [-0.2, -0.15) is 5.10 Å². The molecule has 0 aliphatic heterocycles. The topological polar surface area (TPSA) is 113 Å². The molecule has 0 spiro atoms. The fourth-order valence-corrected chi connectivity index (χ4v) is 1.92. The van der Waals surface area contributed by atoms with Gasteiger partial charge in [0.15, 0.2) is 0 Å². The highest BCUT2D eigenvalue weighted by molar-refractivity contribution is 5.98. The smallest absolute Gasteiger partial charge is 0.325 e. The SMILES string of the molecule is C[C@@H](NC(=O)c1ccc(NC(=O)[C@H](C)n2cccn2)cc1)C(=O)O. The highest BCUT2D eigenvalue weighted by Crippen LogP contribution is 2.13. The van der Waals surface area contributed by atoms with E-state index < -0.39 is 24.0 Å². The van der Waals surface area contributed by atoms with Crippen molar-refractivity contribution >= 4 is 23.5 Å². The number of carboxylic acids is 1. The van der Waals surface area contributed by atoms with Crippen LogP contribution in [-0.4, -0.2) is 38.7 Å². The van der Waals surface area contributed by atoms with Gasteiger partial charge in [0.2, 0.25) is 5.91 Å². The Morgan fingerprint density at radius 1 is 1.17 bits per heavy atom. The van der Waals surface area contributed by atoms with E-state index in [0.717, 1.165) is 0 Å². The van der Waals surface area contributed by atoms with E-state index in [1.165, 1.54) is 23.7 Å². The number of aromatic nitrogens is 2. The van der Waals surface area contributed by atoms with Crippen LogP contribution in [0.4, 0.5) is 5.69 Å². The number of carboxylic acid groups (broad SMARTS) is 1. The Balaban J connectivity index is 1.98. The molecular weight excluding hydrogens is 312 g/mol. The molecule has 1 aromatic carbocycles. The maximum Gasteiger partial charge on any atom is 0.325 e. The molecule has 0 aliphatic rings. The molecule has 0 aliphatic carbocycles. The van der Waals surface area contributed by atoms with Gasteiger partial charge in [0, 0.05) is 23.6 Å². The Morgan fingerprint density at radius 3 is 2.38 bits per heavy atom. The van der Waals surface area contributed by atoms with Crippen LogP contribution in [0.5, 0.6) is 0 Å². The zero-order chi connectivity index (χ0) is 17.7. The summed E-state index contributed by atoms with van der Waals surface area (Å²) in [4.78, 5) is 34.8. The summed E-state index contributed by atoms with van der Waals surface area (Å²) in [5, 5.41) is 17.9. The first-order chi connectivity index (χ1) is 11.4. The number of aliphatic carboxylic acids is 1. The Hall–Kier alpha value is -3.16. The van der Waals surface area contributed by atoms with Crippen molar-refractivity contribution in [2.75, 3.05) is 5.32 Å². The molecule has 8 heteroatoms. The van der Waals surface area contributed by atoms with Crippen LogP contribution in [0.25, 0.3) is 0 Å². The van der Waals surface area contributed by atoms with Gasteiger partial charge >= 0.3 is 5.97 Å². The van der Waals surface area contributed by atoms with Crippen molar-refractivity contribution in [1.29, 1.82) is 0 Å². The Kier molecular flexibility index (Phi) is 5.31. The van der Waals surface area contributed by atoms with Gasteiger partial charge in [-0.1, -0.05) is 0 Å². The fourth-order valence-electron chi connectivity index (χ4n) is 1.92. The quantitative estimate of drug-likeness (QED) is 0.738. The molecule has 2 amide bonds. The number of anilines is 1. The molecule has 1 aromatic heterocycles. The van der Waals surface area contributed by atoms with Gasteiger partial charge in [0.1, 0.15) is 12.1 Å². The third kappa shape index (κ3) is 4.19. The normalized spacial score (nSPS) is 12.9. The Morgan fingerprint density at radius 2 is 1.83 bits per heavy atom. The molecule has 3 N–H and O–H groups in total. The largest absolute Gasteiger partial charge is 0.480 e. The molecular formula is C16H18N4O4. The van der Waals surface area contributed by atoms with Crippen LogP contribution >= 0.6 is 0 Å². The second-order valence-electron chi connectivity index (χ2n) is 5.26. The zero-order valence-electron chi connectivity index (χ0n) is 13.3. The third-order valence-corrected chi connectivity index (χ3v) is 3.43. The Bertz CT molecular complexity index is 725. The van der Waals surface area contributed by atoms with E-state index in [0.29, 0.717) is 11.3 Å². The van der Waals surface area contributed by atoms with Crippen LogP contribution in [0.1, 0.15) is 30.2 Å². The monoisotopic (exact) mass is 330 g/mol. The van der Waals surface area contributed by atoms with E-state index in [1.807, 2.05) is 0 Å². The predicted octanol–water partition coefficient (Wildman–Crippen LogP) is 1.29. The molecule has 126 valence electrons. The van der Waals surface area contributed by atoms with Gasteiger partial charge in [0.05, 0.1) is 0 Å². The van der Waals surface area contributed by atoms with Crippen molar-refractivity contribution in [1.82, 2.24) is 15.1 Å². The number of nitrogens with one attached hydrogen (secondary N) is 2. The van der Waals surface area contributed by atoms with Crippen molar-refractivity contribution in [3.63, 3.8) is 0 Å². The van der Waals surface area contributed by atoms with Gasteiger partial charge < -0.3 is 15.7 Å². The van der Waals surface area contributed by atoms with Crippen molar-refractivity contribution in [2.24, 2.45) is 0 Å². The maximum absolute atomic E-state index is 12.1. The summed E-state index contributed by atoms with van der Waals surface area (Å²) in [7, 11) is 0. The molecule has 0 unspecified atom stereocenters. The van der Waals surface area contributed by atoms with Crippen LogP contribution in [0.3, 0.4) is 0 Å². The minimum Gasteiger partial charge on any atom is -0.480 e. The second kappa shape index (κ2) is 7.40. The van der Waals surface area contributed by atoms with Gasteiger partial charge in [-0.25, -0.2) is 0 Å². The van der Waals surface area contributed by atoms with Crippen LogP contribution in [0.15, 0.2) is 42.7 Å². The molecule has 0 radical (unpaired) electrons. The first-order valence-corrected chi connectivity index (χ1v) is 7.32. The average molecular weight is 330 g/mol. The van der Waals surface area contributed by atoms with E-state index in [2.05, 4.69) is 15.7 Å². The summed E-state index contributed by atoms with van der Waals surface area (Å²) in [6.07, 6.45) is 3.29. The van der Waals surface area contributed by atoms with Crippen LogP contribution < -0.4 is 10.6 Å². The number of carbonyl (C=O) groups excluding carboxylic acids is 2. The number of hydrogen-bond acceptors (Lipinski definition) is 4. The molecule has 0 fully saturated rings. The second-order valence-corrected chi connectivity index (χ2v) is 5.26. The molecule has 0 saturated carbocycles. The number of amides is 2. The first-order valence-electron chi connectivity index (χ1n) is 7.32. The fraction of sp³-hybridized carbons (Fsp3) is 0.250.